The van der Waals surface area contributed by atoms with Crippen LogP contribution in [0.5, 0.6) is 0 Å². The van der Waals surface area contributed by atoms with Crippen molar-refractivity contribution in [2.45, 2.75) is 30.0 Å². The summed E-state index contributed by atoms with van der Waals surface area (Å²) in [6, 6.07) is 14.9. The molecule has 1 nitrogen and oxygen atoms in total. The van der Waals surface area contributed by atoms with E-state index in [0.29, 0.717) is 21.7 Å². The SMILES string of the molecule is CCC(Nc1ccc(SC(F)F)cc1)c1ccc(Cl)cc1. The molecule has 0 bridgehead atoms. The van der Waals surface area contributed by atoms with Crippen LogP contribution >= 0.6 is 23.4 Å². The summed E-state index contributed by atoms with van der Waals surface area (Å²) < 4.78 is 24.6. The number of hydrogen-bond donors (Lipinski definition) is 1. The molecule has 0 heterocycles. The number of halogens is 3. The summed E-state index contributed by atoms with van der Waals surface area (Å²) >= 11 is 6.45. The van der Waals surface area contributed by atoms with Gasteiger partial charge >= 0.3 is 0 Å². The second-order valence-electron chi connectivity index (χ2n) is 4.56. The first kappa shape index (κ1) is 16.1. The fourth-order valence-electron chi connectivity index (χ4n) is 2.05. The minimum absolute atomic E-state index is 0.163. The van der Waals surface area contributed by atoms with Gasteiger partial charge in [-0.25, -0.2) is 0 Å². The number of benzene rings is 2. The van der Waals surface area contributed by atoms with Crippen LogP contribution in [-0.2, 0) is 0 Å². The van der Waals surface area contributed by atoms with E-state index in [2.05, 4.69) is 12.2 Å². The van der Waals surface area contributed by atoms with Gasteiger partial charge in [0.1, 0.15) is 0 Å². The zero-order valence-corrected chi connectivity index (χ0v) is 13.1. The van der Waals surface area contributed by atoms with E-state index in [1.165, 1.54) is 0 Å². The minimum atomic E-state index is -2.39. The Labute approximate surface area is 132 Å². The van der Waals surface area contributed by atoms with Gasteiger partial charge in [-0.15, -0.1) is 0 Å². The third kappa shape index (κ3) is 4.90. The van der Waals surface area contributed by atoms with Crippen LogP contribution in [0.4, 0.5) is 14.5 Å². The molecule has 0 amide bonds. The van der Waals surface area contributed by atoms with Gasteiger partial charge in [-0.2, -0.15) is 8.78 Å². The Morgan fingerprint density at radius 3 is 2.19 bits per heavy atom. The lowest BCUT2D eigenvalue weighted by atomic mass is 10.0. The third-order valence-electron chi connectivity index (χ3n) is 3.10. The predicted octanol–water partition coefficient (Wildman–Crippen LogP) is 6.22. The van der Waals surface area contributed by atoms with E-state index in [9.17, 15) is 8.78 Å². The molecule has 112 valence electrons. The largest absolute Gasteiger partial charge is 0.378 e. The molecule has 5 heteroatoms. The Hall–Kier alpha value is -1.26. The predicted molar refractivity (Wildman–Crippen MR) is 86.4 cm³/mol. The van der Waals surface area contributed by atoms with Gasteiger partial charge in [-0.3, -0.25) is 0 Å². The fourth-order valence-corrected chi connectivity index (χ4v) is 2.67. The van der Waals surface area contributed by atoms with Gasteiger partial charge < -0.3 is 5.32 Å². The monoisotopic (exact) mass is 327 g/mol. The molecule has 1 atom stereocenters. The van der Waals surface area contributed by atoms with E-state index < -0.39 is 5.76 Å². The van der Waals surface area contributed by atoms with Gasteiger partial charge in [0.05, 0.1) is 6.04 Å². The maximum absolute atomic E-state index is 12.3. The molecule has 2 aromatic rings. The molecule has 2 aromatic carbocycles. The van der Waals surface area contributed by atoms with Crippen LogP contribution in [-0.4, -0.2) is 5.76 Å². The van der Waals surface area contributed by atoms with E-state index in [4.69, 9.17) is 11.6 Å². The first-order valence-electron chi connectivity index (χ1n) is 6.65. The molecule has 0 aromatic heterocycles. The van der Waals surface area contributed by atoms with Crippen molar-refractivity contribution < 1.29 is 8.78 Å². The van der Waals surface area contributed by atoms with Crippen LogP contribution in [0.15, 0.2) is 53.4 Å². The van der Waals surface area contributed by atoms with E-state index >= 15 is 0 Å². The van der Waals surface area contributed by atoms with E-state index in [1.54, 1.807) is 12.1 Å². The van der Waals surface area contributed by atoms with Gasteiger partial charge in [0.15, 0.2) is 0 Å². The summed E-state index contributed by atoms with van der Waals surface area (Å²) in [7, 11) is 0. The van der Waals surface area contributed by atoms with Crippen molar-refractivity contribution in [1.82, 2.24) is 0 Å². The van der Waals surface area contributed by atoms with Crippen LogP contribution in [0.25, 0.3) is 0 Å². The molecule has 0 spiro atoms. The molecule has 21 heavy (non-hydrogen) atoms. The smallest absolute Gasteiger partial charge is 0.288 e. The Kier molecular flexibility index (Phi) is 5.88. The van der Waals surface area contributed by atoms with Crippen molar-refractivity contribution in [1.29, 1.82) is 0 Å². The van der Waals surface area contributed by atoms with Crippen LogP contribution < -0.4 is 5.32 Å². The summed E-state index contributed by atoms with van der Waals surface area (Å²) in [6.45, 7) is 2.09. The Morgan fingerprint density at radius 1 is 1.05 bits per heavy atom. The van der Waals surface area contributed by atoms with Crippen molar-refractivity contribution in [3.8, 4) is 0 Å². The highest BCUT2D eigenvalue weighted by Gasteiger charge is 2.10. The number of nitrogens with one attached hydrogen (secondary N) is 1. The van der Waals surface area contributed by atoms with Gasteiger partial charge in [-0.1, -0.05) is 42.4 Å². The zero-order valence-electron chi connectivity index (χ0n) is 11.5. The maximum Gasteiger partial charge on any atom is 0.288 e. The van der Waals surface area contributed by atoms with Crippen molar-refractivity contribution in [3.05, 3.63) is 59.1 Å². The summed E-state index contributed by atoms with van der Waals surface area (Å²) in [6.07, 6.45) is 0.912. The molecule has 0 radical (unpaired) electrons. The van der Waals surface area contributed by atoms with E-state index in [-0.39, 0.29) is 6.04 Å². The van der Waals surface area contributed by atoms with Gasteiger partial charge in [0.2, 0.25) is 0 Å². The van der Waals surface area contributed by atoms with Gasteiger partial charge in [0.25, 0.3) is 5.76 Å². The quantitative estimate of drug-likeness (QED) is 0.632. The molecule has 1 unspecified atom stereocenters. The number of rotatable bonds is 6. The summed E-state index contributed by atoms with van der Waals surface area (Å²) in [5, 5.41) is 4.12. The summed E-state index contributed by atoms with van der Waals surface area (Å²) in [4.78, 5) is 0.565. The summed E-state index contributed by atoms with van der Waals surface area (Å²) in [5.41, 5.74) is 2.06. The first-order chi connectivity index (χ1) is 10.1. The van der Waals surface area contributed by atoms with Gasteiger partial charge in [-0.05, 0) is 48.4 Å². The number of hydrogen-bond acceptors (Lipinski definition) is 2. The first-order valence-corrected chi connectivity index (χ1v) is 7.91. The highest BCUT2D eigenvalue weighted by Crippen LogP contribution is 2.28. The lowest BCUT2D eigenvalue weighted by Crippen LogP contribution is -2.09. The van der Waals surface area contributed by atoms with E-state index in [1.807, 2.05) is 36.4 Å². The second kappa shape index (κ2) is 7.66. The standard InChI is InChI=1S/C16H16ClF2NS/c1-2-15(11-3-5-12(17)6-4-11)20-13-7-9-14(10-8-13)21-16(18)19/h3-10,15-16,20H,2H2,1H3. The average molecular weight is 328 g/mol. The lowest BCUT2D eigenvalue weighted by molar-refractivity contribution is 0.252. The molecule has 2 rings (SSSR count). The maximum atomic E-state index is 12.3. The van der Waals surface area contributed by atoms with Crippen molar-refractivity contribution in [3.63, 3.8) is 0 Å². The molecule has 0 aliphatic carbocycles. The molecule has 0 saturated heterocycles. The molecule has 0 aliphatic heterocycles. The molecule has 0 fully saturated rings. The van der Waals surface area contributed by atoms with Crippen LogP contribution in [0.3, 0.4) is 0 Å². The van der Waals surface area contributed by atoms with E-state index in [0.717, 1.165) is 17.7 Å². The molecule has 1 N–H and O–H groups in total. The van der Waals surface area contributed by atoms with Gasteiger partial charge in [0, 0.05) is 15.6 Å². The Bertz CT molecular complexity index is 557. The lowest BCUT2D eigenvalue weighted by Gasteiger charge is -2.19. The Morgan fingerprint density at radius 2 is 1.67 bits per heavy atom. The molecule has 0 aliphatic rings. The normalized spacial score (nSPS) is 12.4. The second-order valence-corrected chi connectivity index (χ2v) is 6.06. The molecular formula is C16H16ClF2NS. The highest BCUT2D eigenvalue weighted by molar-refractivity contribution is 7.99. The van der Waals surface area contributed by atoms with Crippen molar-refractivity contribution in [2.24, 2.45) is 0 Å². The highest BCUT2D eigenvalue weighted by atomic mass is 35.5. The molecular weight excluding hydrogens is 312 g/mol. The summed E-state index contributed by atoms with van der Waals surface area (Å²) in [5.74, 6) is -2.39. The number of anilines is 1. The topological polar surface area (TPSA) is 12.0 Å². The Balaban J connectivity index is 2.06. The van der Waals surface area contributed by atoms with Crippen LogP contribution in [0, 0.1) is 0 Å². The zero-order chi connectivity index (χ0) is 15.2. The minimum Gasteiger partial charge on any atom is -0.378 e. The number of alkyl halides is 2. The van der Waals surface area contributed by atoms with Crippen LogP contribution in [0.2, 0.25) is 5.02 Å². The average Bonchev–Trinajstić information content (AvgIpc) is 2.47. The van der Waals surface area contributed by atoms with Crippen molar-refractivity contribution in [2.75, 3.05) is 5.32 Å². The number of thioether (sulfide) groups is 1. The molecule has 0 saturated carbocycles. The fraction of sp³-hybridized carbons (Fsp3) is 0.250. The van der Waals surface area contributed by atoms with Crippen molar-refractivity contribution >= 4 is 29.1 Å². The van der Waals surface area contributed by atoms with Crippen LogP contribution in [0.1, 0.15) is 24.9 Å². The third-order valence-corrected chi connectivity index (χ3v) is 4.08.